The first-order chi connectivity index (χ1) is 11.7. The van der Waals surface area contributed by atoms with Crippen LogP contribution in [-0.2, 0) is 0 Å². The summed E-state index contributed by atoms with van der Waals surface area (Å²) in [7, 11) is 0. The maximum Gasteiger partial charge on any atom is 0.167 e. The van der Waals surface area contributed by atoms with Gasteiger partial charge in [-0.25, -0.2) is 0 Å². The normalized spacial score (nSPS) is 13.1. The Hall–Kier alpha value is -2.01. The molecule has 1 aliphatic rings. The fraction of sp³-hybridized carbons (Fsp3) is 0.111. The van der Waals surface area contributed by atoms with Crippen molar-refractivity contribution >= 4 is 41.4 Å². The van der Waals surface area contributed by atoms with Crippen molar-refractivity contribution in [3.05, 3.63) is 64.1 Å². The van der Waals surface area contributed by atoms with E-state index in [1.54, 1.807) is 12.1 Å². The van der Waals surface area contributed by atoms with Crippen molar-refractivity contribution in [3.63, 3.8) is 0 Å². The Balaban J connectivity index is 0.00000182. The third-order valence-corrected chi connectivity index (χ3v) is 4.58. The van der Waals surface area contributed by atoms with E-state index in [-0.39, 0.29) is 12.4 Å². The molecule has 0 bridgehead atoms. The Morgan fingerprint density at radius 2 is 1.60 bits per heavy atom. The van der Waals surface area contributed by atoms with E-state index in [1.807, 2.05) is 36.4 Å². The molecule has 0 spiro atoms. The zero-order valence-corrected chi connectivity index (χ0v) is 15.3. The predicted octanol–water partition coefficient (Wildman–Crippen LogP) is 5.09. The highest BCUT2D eigenvalue weighted by Crippen LogP contribution is 2.30. The summed E-state index contributed by atoms with van der Waals surface area (Å²) in [6.07, 6.45) is 0. The third kappa shape index (κ3) is 3.66. The molecule has 0 saturated heterocycles. The molecule has 4 nitrogen and oxygen atoms in total. The van der Waals surface area contributed by atoms with E-state index in [9.17, 15) is 0 Å². The molecule has 0 aliphatic carbocycles. The average Bonchev–Trinajstić information content (AvgIpc) is 3.29. The Bertz CT molecular complexity index is 920. The van der Waals surface area contributed by atoms with Crippen LogP contribution in [0.1, 0.15) is 5.56 Å². The van der Waals surface area contributed by atoms with Gasteiger partial charge in [0.2, 0.25) is 0 Å². The van der Waals surface area contributed by atoms with E-state index in [2.05, 4.69) is 15.5 Å². The van der Waals surface area contributed by atoms with Crippen LogP contribution in [0.4, 0.5) is 0 Å². The maximum atomic E-state index is 6.06. The number of rotatable bonds is 3. The average molecular weight is 395 g/mol. The van der Waals surface area contributed by atoms with Gasteiger partial charge in [0.1, 0.15) is 11.5 Å². The first-order valence-corrected chi connectivity index (χ1v) is 8.27. The highest BCUT2D eigenvalue weighted by atomic mass is 35.5. The minimum atomic E-state index is 0. The summed E-state index contributed by atoms with van der Waals surface area (Å²) in [4.78, 5) is 4.41. The highest BCUT2D eigenvalue weighted by molar-refractivity contribution is 6.42. The first kappa shape index (κ1) is 17.8. The van der Waals surface area contributed by atoms with Crippen molar-refractivity contribution in [3.8, 4) is 22.6 Å². The smallest absolute Gasteiger partial charge is 0.167 e. The molecule has 7 heteroatoms. The molecular formula is C18H14Cl3N3O. The van der Waals surface area contributed by atoms with E-state index >= 15 is 0 Å². The molecule has 0 saturated carbocycles. The second-order valence-corrected chi connectivity index (χ2v) is 6.25. The molecule has 3 aromatic rings. The summed E-state index contributed by atoms with van der Waals surface area (Å²) in [5, 5.41) is 8.39. The fourth-order valence-electron chi connectivity index (χ4n) is 2.59. The van der Waals surface area contributed by atoms with Crippen molar-refractivity contribution in [1.29, 1.82) is 0 Å². The number of hydrogen-bond acceptors (Lipinski definition) is 4. The van der Waals surface area contributed by atoms with Gasteiger partial charge in [0.25, 0.3) is 0 Å². The third-order valence-electron chi connectivity index (χ3n) is 3.84. The summed E-state index contributed by atoms with van der Waals surface area (Å²) in [6, 6.07) is 15.3. The molecule has 1 aromatic heterocycles. The molecule has 2 heterocycles. The maximum absolute atomic E-state index is 6.06. The number of aliphatic imine (C=N–C) groups is 1. The number of hydrogen-bond donors (Lipinski definition) is 1. The lowest BCUT2D eigenvalue weighted by atomic mass is 10.1. The van der Waals surface area contributed by atoms with E-state index in [4.69, 9.17) is 27.7 Å². The molecule has 0 atom stereocenters. The van der Waals surface area contributed by atoms with Gasteiger partial charge in [-0.2, -0.15) is 0 Å². The largest absolute Gasteiger partial charge is 0.368 e. The number of nitrogens with zero attached hydrogens (tertiary/aromatic N) is 2. The monoisotopic (exact) mass is 393 g/mol. The number of halogens is 3. The molecule has 0 fully saturated rings. The van der Waals surface area contributed by atoms with Gasteiger partial charge in [-0.1, -0.05) is 58.7 Å². The lowest BCUT2D eigenvalue weighted by molar-refractivity contribution is 0.435. The van der Waals surface area contributed by atoms with E-state index in [0.29, 0.717) is 15.8 Å². The van der Waals surface area contributed by atoms with Crippen molar-refractivity contribution in [2.75, 3.05) is 13.1 Å². The molecule has 2 aromatic carbocycles. The fourth-order valence-corrected chi connectivity index (χ4v) is 2.88. The Morgan fingerprint density at radius 1 is 0.880 bits per heavy atom. The molecule has 0 amide bonds. The zero-order valence-electron chi connectivity index (χ0n) is 13.0. The van der Waals surface area contributed by atoms with Gasteiger partial charge >= 0.3 is 0 Å². The molecule has 128 valence electrons. The minimum absolute atomic E-state index is 0. The summed E-state index contributed by atoms with van der Waals surface area (Å²) in [6.45, 7) is 1.72. The highest BCUT2D eigenvalue weighted by Gasteiger charge is 2.12. The molecule has 0 radical (unpaired) electrons. The number of amidine groups is 1. The lowest BCUT2D eigenvalue weighted by Gasteiger charge is -2.02. The standard InChI is InChI=1S/C18H13Cl2N3O.ClH/c19-14-6-5-13(9-15(14)20)16-10-17(24-23-16)11-1-3-12(4-2-11)18-21-7-8-22-18;/h1-6,9-10H,7-8H2,(H,21,22);1H. The minimum Gasteiger partial charge on any atom is -0.368 e. The van der Waals surface area contributed by atoms with Crippen molar-refractivity contribution < 1.29 is 4.52 Å². The lowest BCUT2D eigenvalue weighted by Crippen LogP contribution is -2.19. The molecule has 1 N–H and O–H groups in total. The second kappa shape index (κ2) is 7.48. The summed E-state index contributed by atoms with van der Waals surface area (Å²) in [5.74, 6) is 1.64. The molecule has 25 heavy (non-hydrogen) atoms. The molecule has 0 unspecified atom stereocenters. The zero-order chi connectivity index (χ0) is 16.5. The van der Waals surface area contributed by atoms with Crippen LogP contribution in [0.2, 0.25) is 10.0 Å². The topological polar surface area (TPSA) is 50.4 Å². The van der Waals surface area contributed by atoms with Gasteiger partial charge in [-0.05, 0) is 12.1 Å². The number of benzene rings is 2. The summed E-state index contributed by atoms with van der Waals surface area (Å²) >= 11 is 12.0. The Kier molecular flexibility index (Phi) is 5.33. The van der Waals surface area contributed by atoms with Crippen LogP contribution in [0, 0.1) is 0 Å². The van der Waals surface area contributed by atoms with Crippen LogP contribution < -0.4 is 5.32 Å². The van der Waals surface area contributed by atoms with E-state index < -0.39 is 0 Å². The van der Waals surface area contributed by atoms with Crippen molar-refractivity contribution in [1.82, 2.24) is 10.5 Å². The number of nitrogens with one attached hydrogen (secondary N) is 1. The molecule has 4 rings (SSSR count). The van der Waals surface area contributed by atoms with Crippen molar-refractivity contribution in [2.45, 2.75) is 0 Å². The van der Waals surface area contributed by atoms with Gasteiger partial charge < -0.3 is 9.84 Å². The summed E-state index contributed by atoms with van der Waals surface area (Å²) < 4.78 is 5.47. The first-order valence-electron chi connectivity index (χ1n) is 7.52. The molecular weight excluding hydrogens is 381 g/mol. The Labute approximate surface area is 161 Å². The van der Waals surface area contributed by atoms with Gasteiger partial charge in [-0.15, -0.1) is 12.4 Å². The van der Waals surface area contributed by atoms with Crippen LogP contribution in [0.5, 0.6) is 0 Å². The quantitative estimate of drug-likeness (QED) is 0.673. The van der Waals surface area contributed by atoms with Crippen LogP contribution in [0.15, 0.2) is 58.0 Å². The van der Waals surface area contributed by atoms with Gasteiger partial charge in [0.15, 0.2) is 5.76 Å². The van der Waals surface area contributed by atoms with Gasteiger partial charge in [0, 0.05) is 29.3 Å². The second-order valence-electron chi connectivity index (χ2n) is 5.44. The predicted molar refractivity (Wildman–Crippen MR) is 104 cm³/mol. The SMILES string of the molecule is Cl.Clc1ccc(-c2cc(-c3ccc(C4=NCCN4)cc3)on2)cc1Cl. The Morgan fingerprint density at radius 3 is 2.28 bits per heavy atom. The van der Waals surface area contributed by atoms with E-state index in [1.165, 1.54) is 0 Å². The van der Waals surface area contributed by atoms with Crippen molar-refractivity contribution in [2.24, 2.45) is 4.99 Å². The van der Waals surface area contributed by atoms with Crippen LogP contribution in [0.25, 0.3) is 22.6 Å². The van der Waals surface area contributed by atoms with Crippen LogP contribution >= 0.6 is 35.6 Å². The van der Waals surface area contributed by atoms with E-state index in [0.717, 1.165) is 41.3 Å². The van der Waals surface area contributed by atoms with Gasteiger partial charge in [0.05, 0.1) is 16.6 Å². The van der Waals surface area contributed by atoms with Crippen LogP contribution in [0.3, 0.4) is 0 Å². The number of aromatic nitrogens is 1. The van der Waals surface area contributed by atoms with Crippen LogP contribution in [-0.4, -0.2) is 24.1 Å². The summed E-state index contributed by atoms with van der Waals surface area (Å²) in [5.41, 5.74) is 3.60. The molecule has 1 aliphatic heterocycles. The van der Waals surface area contributed by atoms with Gasteiger partial charge in [-0.3, -0.25) is 4.99 Å².